The van der Waals surface area contributed by atoms with Gasteiger partial charge in [0, 0.05) is 24.4 Å². The summed E-state index contributed by atoms with van der Waals surface area (Å²) in [4.78, 5) is 22.7. The number of phenolic OH excluding ortho intramolecular Hbond substituents is 1. The summed E-state index contributed by atoms with van der Waals surface area (Å²) in [6.07, 6.45) is 2.31. The van der Waals surface area contributed by atoms with E-state index in [0.29, 0.717) is 23.1 Å². The Balaban J connectivity index is 2.36. The molecule has 0 saturated carbocycles. The first kappa shape index (κ1) is 11.1. The van der Waals surface area contributed by atoms with Crippen LogP contribution in [0.15, 0.2) is 36.5 Å². The van der Waals surface area contributed by atoms with Crippen molar-refractivity contribution in [2.45, 2.75) is 0 Å². The predicted octanol–water partition coefficient (Wildman–Crippen LogP) is 1.77. The Morgan fingerprint density at radius 2 is 1.88 bits per heavy atom. The molecular formula is C13H11NO3. The lowest BCUT2D eigenvalue weighted by atomic mass is 10.1. The van der Waals surface area contributed by atoms with Gasteiger partial charge in [-0.25, -0.2) is 0 Å². The van der Waals surface area contributed by atoms with Gasteiger partial charge in [0.2, 0.25) is 0 Å². The molecule has 86 valence electrons. The zero-order valence-corrected chi connectivity index (χ0v) is 9.25. The first-order chi connectivity index (χ1) is 8.11. The van der Waals surface area contributed by atoms with Crippen LogP contribution in [-0.4, -0.2) is 21.7 Å². The van der Waals surface area contributed by atoms with Crippen molar-refractivity contribution in [3.63, 3.8) is 0 Å². The Bertz CT molecular complexity index is 567. The van der Waals surface area contributed by atoms with Gasteiger partial charge in [0.1, 0.15) is 5.75 Å². The van der Waals surface area contributed by atoms with Crippen molar-refractivity contribution < 1.29 is 14.7 Å². The lowest BCUT2D eigenvalue weighted by molar-refractivity contribution is 0.103. The van der Waals surface area contributed by atoms with Crippen LogP contribution in [0.5, 0.6) is 5.75 Å². The Labute approximate surface area is 98.1 Å². The van der Waals surface area contributed by atoms with Crippen molar-refractivity contribution in [1.82, 2.24) is 4.57 Å². The molecule has 2 rings (SSSR count). The number of aromatic hydroxyl groups is 1. The molecule has 0 radical (unpaired) electrons. The third-order valence-corrected chi connectivity index (χ3v) is 2.56. The number of aryl methyl sites for hydroxylation is 1. The average molecular weight is 229 g/mol. The molecule has 0 fully saturated rings. The number of carbonyl (C=O) groups is 2. The van der Waals surface area contributed by atoms with Crippen molar-refractivity contribution in [3.8, 4) is 5.75 Å². The maximum atomic E-state index is 12.0. The quantitative estimate of drug-likeness (QED) is 0.644. The van der Waals surface area contributed by atoms with E-state index >= 15 is 0 Å². The average Bonchev–Trinajstić information content (AvgIpc) is 2.70. The van der Waals surface area contributed by atoms with Gasteiger partial charge in [0.25, 0.3) is 0 Å². The maximum absolute atomic E-state index is 12.0. The van der Waals surface area contributed by atoms with Crippen LogP contribution in [0.2, 0.25) is 0 Å². The second-order valence-corrected chi connectivity index (χ2v) is 3.76. The zero-order valence-electron chi connectivity index (χ0n) is 9.25. The molecule has 0 aliphatic carbocycles. The number of rotatable bonds is 3. The summed E-state index contributed by atoms with van der Waals surface area (Å²) in [5.74, 6) is -0.0584. The molecule has 2 aromatic rings. The van der Waals surface area contributed by atoms with Crippen molar-refractivity contribution in [2.75, 3.05) is 0 Å². The van der Waals surface area contributed by atoms with Gasteiger partial charge in [0.05, 0.1) is 5.69 Å². The number of ketones is 1. The van der Waals surface area contributed by atoms with Gasteiger partial charge in [-0.15, -0.1) is 0 Å². The minimum Gasteiger partial charge on any atom is -0.508 e. The van der Waals surface area contributed by atoms with Crippen molar-refractivity contribution in [3.05, 3.63) is 53.3 Å². The minimum absolute atomic E-state index is 0.114. The van der Waals surface area contributed by atoms with E-state index in [1.165, 1.54) is 12.1 Å². The third-order valence-electron chi connectivity index (χ3n) is 2.56. The summed E-state index contributed by atoms with van der Waals surface area (Å²) >= 11 is 0. The summed E-state index contributed by atoms with van der Waals surface area (Å²) in [6, 6.07) is 7.55. The molecule has 0 aliphatic rings. The highest BCUT2D eigenvalue weighted by Gasteiger charge is 2.12. The van der Waals surface area contributed by atoms with Crippen molar-refractivity contribution in [2.24, 2.45) is 7.05 Å². The highest BCUT2D eigenvalue weighted by atomic mass is 16.3. The van der Waals surface area contributed by atoms with Gasteiger partial charge < -0.3 is 9.67 Å². The molecule has 1 N–H and O–H groups in total. The number of hydrogen-bond donors (Lipinski definition) is 1. The molecule has 0 unspecified atom stereocenters. The molecule has 0 aliphatic heterocycles. The Morgan fingerprint density at radius 1 is 1.24 bits per heavy atom. The molecule has 0 bridgehead atoms. The van der Waals surface area contributed by atoms with E-state index in [-0.39, 0.29) is 11.5 Å². The molecule has 0 spiro atoms. The fourth-order valence-electron chi connectivity index (χ4n) is 1.60. The molecule has 1 aromatic heterocycles. The number of nitrogens with zero attached hydrogens (tertiary/aromatic N) is 1. The molecule has 0 saturated heterocycles. The number of aromatic nitrogens is 1. The summed E-state index contributed by atoms with van der Waals surface area (Å²) in [7, 11) is 1.71. The third kappa shape index (κ3) is 2.10. The van der Waals surface area contributed by atoms with Crippen molar-refractivity contribution >= 4 is 12.1 Å². The molecule has 4 nitrogen and oxygen atoms in total. The molecule has 4 heteroatoms. The SMILES string of the molecule is Cn1cc(C(=O)c2ccc(O)cc2)cc1C=O. The van der Waals surface area contributed by atoms with E-state index in [0.717, 1.165) is 0 Å². The topological polar surface area (TPSA) is 59.3 Å². The first-order valence-electron chi connectivity index (χ1n) is 5.07. The lowest BCUT2D eigenvalue weighted by Crippen LogP contribution is -1.99. The predicted molar refractivity (Wildman–Crippen MR) is 62.3 cm³/mol. The Hall–Kier alpha value is -2.36. The molecule has 0 atom stereocenters. The second-order valence-electron chi connectivity index (χ2n) is 3.76. The van der Waals surface area contributed by atoms with E-state index in [4.69, 9.17) is 5.11 Å². The van der Waals surface area contributed by atoms with Gasteiger partial charge >= 0.3 is 0 Å². The first-order valence-corrected chi connectivity index (χ1v) is 5.07. The molecule has 1 aromatic carbocycles. The van der Waals surface area contributed by atoms with Gasteiger partial charge in [-0.05, 0) is 30.3 Å². The van der Waals surface area contributed by atoms with Gasteiger partial charge in [-0.3, -0.25) is 9.59 Å². The van der Waals surface area contributed by atoms with E-state index in [1.54, 1.807) is 36.0 Å². The number of aldehydes is 1. The van der Waals surface area contributed by atoms with Gasteiger partial charge in [0.15, 0.2) is 12.1 Å². The Kier molecular flexibility index (Phi) is 2.78. The van der Waals surface area contributed by atoms with E-state index in [2.05, 4.69) is 0 Å². The molecule has 17 heavy (non-hydrogen) atoms. The van der Waals surface area contributed by atoms with E-state index in [1.807, 2.05) is 0 Å². The standard InChI is InChI=1S/C13H11NO3/c1-14-7-10(6-11(14)8-15)13(17)9-2-4-12(16)5-3-9/h2-8,16H,1H3. The highest BCUT2D eigenvalue weighted by molar-refractivity contribution is 6.09. The van der Waals surface area contributed by atoms with Crippen LogP contribution < -0.4 is 0 Å². The normalized spacial score (nSPS) is 10.2. The lowest BCUT2D eigenvalue weighted by Gasteiger charge is -1.98. The number of benzene rings is 1. The molecule has 1 heterocycles. The Morgan fingerprint density at radius 3 is 2.41 bits per heavy atom. The number of hydrogen-bond acceptors (Lipinski definition) is 3. The number of phenols is 1. The number of carbonyl (C=O) groups excluding carboxylic acids is 2. The fourth-order valence-corrected chi connectivity index (χ4v) is 1.60. The van der Waals surface area contributed by atoms with Crippen LogP contribution in [0.3, 0.4) is 0 Å². The fraction of sp³-hybridized carbons (Fsp3) is 0.0769. The van der Waals surface area contributed by atoms with Gasteiger partial charge in [-0.1, -0.05) is 0 Å². The van der Waals surface area contributed by atoms with Crippen LogP contribution in [0.25, 0.3) is 0 Å². The van der Waals surface area contributed by atoms with Crippen LogP contribution in [0, 0.1) is 0 Å². The maximum Gasteiger partial charge on any atom is 0.194 e. The van der Waals surface area contributed by atoms with Gasteiger partial charge in [-0.2, -0.15) is 0 Å². The molecule has 0 amide bonds. The summed E-state index contributed by atoms with van der Waals surface area (Å²) in [5, 5.41) is 9.13. The minimum atomic E-state index is -0.172. The van der Waals surface area contributed by atoms with Crippen LogP contribution in [0.1, 0.15) is 26.4 Å². The van der Waals surface area contributed by atoms with E-state index < -0.39 is 0 Å². The summed E-state index contributed by atoms with van der Waals surface area (Å²) in [5.41, 5.74) is 1.39. The smallest absolute Gasteiger partial charge is 0.194 e. The summed E-state index contributed by atoms with van der Waals surface area (Å²) < 4.78 is 1.60. The molecular weight excluding hydrogens is 218 g/mol. The zero-order chi connectivity index (χ0) is 12.4. The highest BCUT2D eigenvalue weighted by Crippen LogP contribution is 2.15. The van der Waals surface area contributed by atoms with Crippen molar-refractivity contribution in [1.29, 1.82) is 0 Å². The van der Waals surface area contributed by atoms with Crippen LogP contribution >= 0.6 is 0 Å². The van der Waals surface area contributed by atoms with Crippen LogP contribution in [-0.2, 0) is 7.05 Å². The largest absolute Gasteiger partial charge is 0.508 e. The second kappa shape index (κ2) is 4.25. The monoisotopic (exact) mass is 229 g/mol. The van der Waals surface area contributed by atoms with Crippen LogP contribution in [0.4, 0.5) is 0 Å². The summed E-state index contributed by atoms with van der Waals surface area (Å²) in [6.45, 7) is 0. The van der Waals surface area contributed by atoms with E-state index in [9.17, 15) is 9.59 Å².